The van der Waals surface area contributed by atoms with E-state index in [9.17, 15) is 9.59 Å². The average Bonchev–Trinajstić information content (AvgIpc) is 2.53. The Morgan fingerprint density at radius 2 is 1.77 bits per heavy atom. The summed E-state index contributed by atoms with van der Waals surface area (Å²) in [5, 5.41) is 2.57. The van der Waals surface area contributed by atoms with E-state index < -0.39 is 5.91 Å². The van der Waals surface area contributed by atoms with Crippen molar-refractivity contribution in [2.75, 3.05) is 7.05 Å². The predicted molar refractivity (Wildman–Crippen MR) is 89.0 cm³/mol. The van der Waals surface area contributed by atoms with Crippen LogP contribution < -0.4 is 16.5 Å². The third kappa shape index (κ3) is 3.55. The Morgan fingerprint density at radius 3 is 2.41 bits per heavy atom. The van der Waals surface area contributed by atoms with E-state index in [1.54, 1.807) is 31.3 Å². The third-order valence-electron chi connectivity index (χ3n) is 3.21. The zero-order valence-electron chi connectivity index (χ0n) is 12.4. The van der Waals surface area contributed by atoms with Crippen LogP contribution in [-0.2, 0) is 0 Å². The Bertz CT molecular complexity index is 804. The second kappa shape index (κ2) is 6.64. The molecule has 2 aromatic rings. The maximum Gasteiger partial charge on any atom is 0.251 e. The monoisotopic (exact) mass is 290 g/mol. The molecule has 0 aliphatic rings. The number of hydrogen-bond acceptors (Lipinski definition) is 2. The van der Waals surface area contributed by atoms with Crippen molar-refractivity contribution in [1.82, 2.24) is 5.32 Å². The summed E-state index contributed by atoms with van der Waals surface area (Å²) < 4.78 is 0. The van der Waals surface area contributed by atoms with Crippen LogP contribution in [0.5, 0.6) is 0 Å². The van der Waals surface area contributed by atoms with E-state index in [0.717, 1.165) is 11.0 Å². The summed E-state index contributed by atoms with van der Waals surface area (Å²) in [7, 11) is 3.41. The minimum atomic E-state index is -0.470. The quantitative estimate of drug-likeness (QED) is 0.594. The summed E-state index contributed by atoms with van der Waals surface area (Å²) in [5.74, 6) is 5.33. The molecule has 3 N–H and O–H groups in total. The van der Waals surface area contributed by atoms with Gasteiger partial charge in [0.2, 0.25) is 5.91 Å². The highest BCUT2D eigenvalue weighted by molar-refractivity contribution is 6.36. The van der Waals surface area contributed by atoms with Crippen LogP contribution in [0.1, 0.15) is 31.8 Å². The van der Waals surface area contributed by atoms with Crippen LogP contribution in [0, 0.1) is 11.8 Å². The van der Waals surface area contributed by atoms with E-state index in [-0.39, 0.29) is 5.91 Å². The Hall–Kier alpha value is -3.00. The van der Waals surface area contributed by atoms with Gasteiger partial charge in [0.15, 0.2) is 0 Å². The first kappa shape index (κ1) is 15.4. The summed E-state index contributed by atoms with van der Waals surface area (Å²) in [6, 6.07) is 12.4. The fourth-order valence-corrected chi connectivity index (χ4v) is 1.99. The van der Waals surface area contributed by atoms with Gasteiger partial charge in [-0.3, -0.25) is 9.59 Å². The van der Waals surface area contributed by atoms with Gasteiger partial charge in [-0.25, -0.2) is 0 Å². The lowest BCUT2D eigenvalue weighted by Gasteiger charge is -2.02. The molecule has 0 fully saturated rings. The predicted octanol–water partition coefficient (Wildman–Crippen LogP) is -0.197. The molecule has 0 aliphatic carbocycles. The first-order valence-corrected chi connectivity index (χ1v) is 6.76. The normalized spacial score (nSPS) is 9.50. The molecule has 0 spiro atoms. The van der Waals surface area contributed by atoms with E-state index in [1.807, 2.05) is 26.0 Å². The molecule has 0 aromatic heterocycles. The fourth-order valence-electron chi connectivity index (χ4n) is 1.99. The molecular weight excluding hydrogens is 275 g/mol. The van der Waals surface area contributed by atoms with Crippen LogP contribution in [0.3, 0.4) is 0 Å². The van der Waals surface area contributed by atoms with Crippen LogP contribution in [0.15, 0.2) is 42.5 Å². The van der Waals surface area contributed by atoms with Gasteiger partial charge in [-0.2, -0.15) is 0 Å². The summed E-state index contributed by atoms with van der Waals surface area (Å²) in [5.41, 5.74) is 8.59. The second-order valence-corrected chi connectivity index (χ2v) is 4.80. The summed E-state index contributed by atoms with van der Waals surface area (Å²) >= 11 is 0. The van der Waals surface area contributed by atoms with E-state index >= 15 is 0 Å². The van der Waals surface area contributed by atoms with Gasteiger partial charge in [0, 0.05) is 29.3 Å². The Balaban J connectivity index is 2.33. The van der Waals surface area contributed by atoms with Crippen molar-refractivity contribution in [3.8, 4) is 11.8 Å². The first-order chi connectivity index (χ1) is 10.5. The standard InChI is InChI=1S/C17H15BN2O2/c1-20-17(22)13-4-2-3-11(9-13)5-6-12-7-8-15(18)14(10-12)16(19)21/h2-4,7-10H,18H2,1H3,(H2,19,21)(H,20,22). The molecule has 0 atom stereocenters. The van der Waals surface area contributed by atoms with Crippen molar-refractivity contribution >= 4 is 25.1 Å². The molecule has 0 unspecified atom stereocenters. The molecule has 2 rings (SSSR count). The smallest absolute Gasteiger partial charge is 0.251 e. The molecule has 0 saturated carbocycles. The highest BCUT2D eigenvalue weighted by atomic mass is 16.1. The number of nitrogens with two attached hydrogens (primary N) is 1. The van der Waals surface area contributed by atoms with Gasteiger partial charge in [-0.15, -0.1) is 0 Å². The largest absolute Gasteiger partial charge is 0.366 e. The van der Waals surface area contributed by atoms with E-state index in [4.69, 9.17) is 5.73 Å². The molecule has 2 aromatic carbocycles. The molecule has 0 radical (unpaired) electrons. The van der Waals surface area contributed by atoms with Gasteiger partial charge in [0.1, 0.15) is 7.85 Å². The van der Waals surface area contributed by atoms with Crippen molar-refractivity contribution < 1.29 is 9.59 Å². The number of rotatable bonds is 2. The number of primary amides is 1. The van der Waals surface area contributed by atoms with Crippen LogP contribution in [0.4, 0.5) is 0 Å². The zero-order valence-corrected chi connectivity index (χ0v) is 12.4. The SMILES string of the molecule is Bc1ccc(C#Cc2cccc(C(=O)NC)c2)cc1C(N)=O. The minimum absolute atomic E-state index is 0.157. The highest BCUT2D eigenvalue weighted by Crippen LogP contribution is 2.05. The van der Waals surface area contributed by atoms with Gasteiger partial charge >= 0.3 is 0 Å². The summed E-state index contributed by atoms with van der Waals surface area (Å²) in [6.07, 6.45) is 0. The van der Waals surface area contributed by atoms with Crippen LogP contribution in [0.2, 0.25) is 0 Å². The average molecular weight is 290 g/mol. The van der Waals surface area contributed by atoms with E-state index in [2.05, 4.69) is 17.2 Å². The van der Waals surface area contributed by atoms with Gasteiger partial charge in [-0.1, -0.05) is 29.4 Å². The van der Waals surface area contributed by atoms with Crippen molar-refractivity contribution in [1.29, 1.82) is 0 Å². The Kier molecular flexibility index (Phi) is 4.65. The topological polar surface area (TPSA) is 72.2 Å². The van der Waals surface area contributed by atoms with Gasteiger partial charge in [-0.05, 0) is 30.3 Å². The van der Waals surface area contributed by atoms with Crippen molar-refractivity contribution in [2.24, 2.45) is 5.73 Å². The molecule has 0 saturated heterocycles. The van der Waals surface area contributed by atoms with Crippen LogP contribution in [-0.4, -0.2) is 26.7 Å². The second-order valence-electron chi connectivity index (χ2n) is 4.80. The van der Waals surface area contributed by atoms with Crippen molar-refractivity contribution in [2.45, 2.75) is 0 Å². The number of carbonyl (C=O) groups is 2. The van der Waals surface area contributed by atoms with E-state index in [1.165, 1.54) is 0 Å². The lowest BCUT2D eigenvalue weighted by molar-refractivity contribution is 0.0961. The zero-order chi connectivity index (χ0) is 16.1. The summed E-state index contributed by atoms with van der Waals surface area (Å²) in [6.45, 7) is 0. The molecular formula is C17H15BN2O2. The maximum absolute atomic E-state index is 11.6. The molecule has 0 aliphatic heterocycles. The molecule has 108 valence electrons. The molecule has 0 bridgehead atoms. The Labute approximate surface area is 130 Å². The minimum Gasteiger partial charge on any atom is -0.366 e. The van der Waals surface area contributed by atoms with Crippen molar-refractivity contribution in [3.63, 3.8) is 0 Å². The molecule has 22 heavy (non-hydrogen) atoms. The molecule has 5 heteroatoms. The lowest BCUT2D eigenvalue weighted by Crippen LogP contribution is -2.22. The van der Waals surface area contributed by atoms with Crippen LogP contribution in [0.25, 0.3) is 0 Å². The lowest BCUT2D eigenvalue weighted by atomic mass is 9.89. The molecule has 4 nitrogen and oxygen atoms in total. The third-order valence-corrected chi connectivity index (χ3v) is 3.21. The van der Waals surface area contributed by atoms with Gasteiger partial charge in [0.25, 0.3) is 5.91 Å². The number of hydrogen-bond donors (Lipinski definition) is 2. The van der Waals surface area contributed by atoms with Crippen molar-refractivity contribution in [3.05, 3.63) is 64.7 Å². The number of carbonyl (C=O) groups excluding carboxylic acids is 2. The maximum atomic E-state index is 11.6. The number of benzene rings is 2. The highest BCUT2D eigenvalue weighted by Gasteiger charge is 2.05. The van der Waals surface area contributed by atoms with Gasteiger partial charge < -0.3 is 11.1 Å². The Morgan fingerprint density at radius 1 is 1.09 bits per heavy atom. The molecule has 2 amide bonds. The van der Waals surface area contributed by atoms with E-state index in [0.29, 0.717) is 16.7 Å². The number of nitrogens with one attached hydrogen (secondary N) is 1. The number of amides is 2. The van der Waals surface area contributed by atoms with Crippen LogP contribution >= 0.6 is 0 Å². The summed E-state index contributed by atoms with van der Waals surface area (Å²) in [4.78, 5) is 22.9. The molecule has 0 heterocycles. The van der Waals surface area contributed by atoms with Gasteiger partial charge in [0.05, 0.1) is 0 Å². The fraction of sp³-hybridized carbons (Fsp3) is 0.0588. The first-order valence-electron chi connectivity index (χ1n) is 6.76.